The van der Waals surface area contributed by atoms with E-state index in [2.05, 4.69) is 18.8 Å². The Bertz CT molecular complexity index is 398. The van der Waals surface area contributed by atoms with Crippen LogP contribution in [0.3, 0.4) is 0 Å². The predicted molar refractivity (Wildman–Crippen MR) is 67.2 cm³/mol. The molecule has 2 heteroatoms. The Balaban J connectivity index is 2.64. The molecular weight excluding hydrogens is 198 g/mol. The van der Waals surface area contributed by atoms with E-state index in [0.717, 1.165) is 11.5 Å². The minimum absolute atomic E-state index is 0.796. The summed E-state index contributed by atoms with van der Waals surface area (Å²) in [7, 11) is 0. The lowest BCUT2D eigenvalue weighted by Gasteiger charge is -2.04. The van der Waals surface area contributed by atoms with Crippen LogP contribution >= 0.6 is 0 Å². The summed E-state index contributed by atoms with van der Waals surface area (Å²) in [6.07, 6.45) is 11.3. The van der Waals surface area contributed by atoms with Gasteiger partial charge in [-0.2, -0.15) is 0 Å². The van der Waals surface area contributed by atoms with Crippen molar-refractivity contribution in [1.29, 1.82) is 0 Å². The van der Waals surface area contributed by atoms with E-state index in [9.17, 15) is 0 Å². The first-order valence-electron chi connectivity index (χ1n) is 5.28. The third-order valence-corrected chi connectivity index (χ3v) is 1.86. The molecule has 0 aromatic carbocycles. The Morgan fingerprint density at radius 3 is 2.50 bits per heavy atom. The summed E-state index contributed by atoms with van der Waals surface area (Å²) < 4.78 is 5.65. The topological polar surface area (TPSA) is 22.1 Å². The molecular formula is C14H17NO. The first-order chi connectivity index (χ1) is 7.72. The largest absolute Gasteiger partial charge is 0.458 e. The van der Waals surface area contributed by atoms with Crippen molar-refractivity contribution in [1.82, 2.24) is 4.98 Å². The zero-order valence-corrected chi connectivity index (χ0v) is 9.97. The molecule has 1 rings (SSSR count). The lowest BCUT2D eigenvalue weighted by Crippen LogP contribution is -1.91. The molecule has 16 heavy (non-hydrogen) atoms. The van der Waals surface area contributed by atoms with E-state index in [1.165, 1.54) is 5.57 Å². The van der Waals surface area contributed by atoms with Crippen LogP contribution in [0.25, 0.3) is 0 Å². The quantitative estimate of drug-likeness (QED) is 0.561. The summed E-state index contributed by atoms with van der Waals surface area (Å²) >= 11 is 0. The van der Waals surface area contributed by atoms with Gasteiger partial charge in [0.05, 0.1) is 0 Å². The molecule has 0 N–H and O–H groups in total. The number of aromatic nitrogens is 1. The first-order valence-corrected chi connectivity index (χ1v) is 5.28. The summed E-state index contributed by atoms with van der Waals surface area (Å²) in [5.41, 5.74) is 1.26. The molecule has 0 saturated heterocycles. The van der Waals surface area contributed by atoms with E-state index < -0.39 is 0 Å². The Labute approximate surface area is 97.0 Å². The van der Waals surface area contributed by atoms with Gasteiger partial charge in [-0.3, -0.25) is 4.98 Å². The molecule has 0 spiro atoms. The van der Waals surface area contributed by atoms with Crippen LogP contribution in [0.5, 0.6) is 5.75 Å². The van der Waals surface area contributed by atoms with Crippen molar-refractivity contribution in [2.24, 2.45) is 0 Å². The van der Waals surface area contributed by atoms with Crippen LogP contribution in [0.2, 0.25) is 0 Å². The predicted octanol–water partition coefficient (Wildman–Crippen LogP) is 3.89. The second kappa shape index (κ2) is 6.62. The van der Waals surface area contributed by atoms with E-state index in [1.807, 2.05) is 43.4 Å². The van der Waals surface area contributed by atoms with Crippen LogP contribution in [-0.2, 0) is 0 Å². The monoisotopic (exact) mass is 215 g/mol. The molecule has 0 aliphatic carbocycles. The normalized spacial score (nSPS) is 11.6. The number of nitrogens with zero attached hydrogens (tertiary/aromatic N) is 1. The number of rotatable bonds is 4. The van der Waals surface area contributed by atoms with E-state index in [1.54, 1.807) is 12.4 Å². The fraction of sp³-hybridized carbons (Fsp3) is 0.214. The van der Waals surface area contributed by atoms with Crippen molar-refractivity contribution in [3.8, 4) is 5.75 Å². The third kappa shape index (κ3) is 4.60. The van der Waals surface area contributed by atoms with E-state index in [4.69, 9.17) is 4.74 Å². The number of ether oxygens (including phenoxy) is 1. The molecule has 0 unspecified atom stereocenters. The molecule has 0 aliphatic heterocycles. The minimum atomic E-state index is 0.796. The second-order valence-corrected chi connectivity index (χ2v) is 3.58. The molecule has 0 fully saturated rings. The molecule has 84 valence electrons. The van der Waals surface area contributed by atoms with Gasteiger partial charge >= 0.3 is 0 Å². The van der Waals surface area contributed by atoms with E-state index >= 15 is 0 Å². The van der Waals surface area contributed by atoms with Gasteiger partial charge in [-0.25, -0.2) is 0 Å². The standard InChI is InChI=1S/C14H17NO/c1-4-13(7-5-6-12(2)3)16-14-8-10-15-11-9-14/h4-11H,1-3H3/b7-5-,13-4+. The highest BCUT2D eigenvalue weighted by Gasteiger charge is 1.94. The van der Waals surface area contributed by atoms with Gasteiger partial charge in [-0.1, -0.05) is 17.7 Å². The van der Waals surface area contributed by atoms with E-state index in [0.29, 0.717) is 0 Å². The summed E-state index contributed by atoms with van der Waals surface area (Å²) in [5, 5.41) is 0. The van der Waals surface area contributed by atoms with Gasteiger partial charge in [-0.15, -0.1) is 0 Å². The van der Waals surface area contributed by atoms with Crippen LogP contribution in [0.4, 0.5) is 0 Å². The Morgan fingerprint density at radius 2 is 1.94 bits per heavy atom. The van der Waals surface area contributed by atoms with Crippen molar-refractivity contribution in [2.45, 2.75) is 20.8 Å². The van der Waals surface area contributed by atoms with Gasteiger partial charge in [0.15, 0.2) is 0 Å². The highest BCUT2D eigenvalue weighted by molar-refractivity contribution is 5.25. The average Bonchev–Trinajstić information content (AvgIpc) is 2.28. The number of hydrogen-bond donors (Lipinski definition) is 0. The molecule has 0 saturated carbocycles. The van der Waals surface area contributed by atoms with Gasteiger partial charge in [0.25, 0.3) is 0 Å². The summed E-state index contributed by atoms with van der Waals surface area (Å²) in [5.74, 6) is 1.62. The van der Waals surface area contributed by atoms with Gasteiger partial charge in [0.1, 0.15) is 11.5 Å². The molecule has 2 nitrogen and oxygen atoms in total. The lowest BCUT2D eigenvalue weighted by molar-refractivity contribution is 0.443. The van der Waals surface area contributed by atoms with Crippen LogP contribution < -0.4 is 4.74 Å². The van der Waals surface area contributed by atoms with Crippen LogP contribution in [0, 0.1) is 0 Å². The molecule has 0 atom stereocenters. The highest BCUT2D eigenvalue weighted by atomic mass is 16.5. The SMILES string of the molecule is C/C=C(\C=C/C=C(C)C)Oc1ccncc1. The maximum atomic E-state index is 5.65. The molecule has 0 bridgehead atoms. The fourth-order valence-electron chi connectivity index (χ4n) is 1.07. The smallest absolute Gasteiger partial charge is 0.130 e. The Kier molecular flexibility index (Phi) is 5.06. The third-order valence-electron chi connectivity index (χ3n) is 1.86. The minimum Gasteiger partial charge on any atom is -0.458 e. The van der Waals surface area contributed by atoms with Gasteiger partial charge in [0.2, 0.25) is 0 Å². The fourth-order valence-corrected chi connectivity index (χ4v) is 1.07. The highest BCUT2D eigenvalue weighted by Crippen LogP contribution is 2.12. The summed E-state index contributed by atoms with van der Waals surface area (Å²) in [6.45, 7) is 6.07. The Hall–Kier alpha value is -1.83. The zero-order chi connectivity index (χ0) is 11.8. The van der Waals surface area contributed by atoms with E-state index in [-0.39, 0.29) is 0 Å². The molecule has 0 aliphatic rings. The second-order valence-electron chi connectivity index (χ2n) is 3.58. The van der Waals surface area contributed by atoms with Gasteiger partial charge in [0, 0.05) is 12.4 Å². The van der Waals surface area contributed by atoms with Crippen molar-refractivity contribution >= 4 is 0 Å². The molecule has 0 amide bonds. The van der Waals surface area contributed by atoms with Crippen molar-refractivity contribution in [3.63, 3.8) is 0 Å². The van der Waals surface area contributed by atoms with Crippen molar-refractivity contribution in [3.05, 3.63) is 60.2 Å². The molecule has 0 radical (unpaired) electrons. The van der Waals surface area contributed by atoms with Crippen LogP contribution in [-0.4, -0.2) is 4.98 Å². The zero-order valence-electron chi connectivity index (χ0n) is 9.97. The van der Waals surface area contributed by atoms with Crippen LogP contribution in [0.1, 0.15) is 20.8 Å². The van der Waals surface area contributed by atoms with Gasteiger partial charge in [-0.05, 0) is 45.1 Å². The van der Waals surface area contributed by atoms with Crippen molar-refractivity contribution < 1.29 is 4.74 Å². The summed E-state index contributed by atoms with van der Waals surface area (Å²) in [4.78, 5) is 3.94. The Morgan fingerprint density at radius 1 is 1.25 bits per heavy atom. The summed E-state index contributed by atoms with van der Waals surface area (Å²) in [6, 6.07) is 3.66. The van der Waals surface area contributed by atoms with Gasteiger partial charge < -0.3 is 4.74 Å². The number of hydrogen-bond acceptors (Lipinski definition) is 2. The maximum absolute atomic E-state index is 5.65. The lowest BCUT2D eigenvalue weighted by atomic mass is 10.3. The first kappa shape index (κ1) is 12.2. The molecule has 1 heterocycles. The number of pyridine rings is 1. The molecule has 1 aromatic heterocycles. The maximum Gasteiger partial charge on any atom is 0.130 e. The number of allylic oxidation sites excluding steroid dienone is 5. The average molecular weight is 215 g/mol. The van der Waals surface area contributed by atoms with Crippen molar-refractivity contribution in [2.75, 3.05) is 0 Å². The molecule has 1 aromatic rings. The van der Waals surface area contributed by atoms with Crippen LogP contribution in [0.15, 0.2) is 60.2 Å².